The van der Waals surface area contributed by atoms with E-state index >= 15 is 0 Å². The highest BCUT2D eigenvalue weighted by Gasteiger charge is 2.20. The van der Waals surface area contributed by atoms with Crippen molar-refractivity contribution in [1.82, 2.24) is 0 Å². The van der Waals surface area contributed by atoms with Gasteiger partial charge >= 0.3 is 0 Å². The number of hydrogen-bond donors (Lipinski definition) is 0. The largest absolute Gasteiger partial charge is 0.345 e. The standard InChI is InChI=1S/C18H19N/c1-3-14(2)19-12-11-17-13-16(9-10-18(17)19)15-7-5-4-6-8-15/h4-10,13H,2-3,11-12H2,1H3. The van der Waals surface area contributed by atoms with Crippen LogP contribution in [0.15, 0.2) is 60.8 Å². The molecule has 2 aromatic carbocycles. The second-order valence-electron chi connectivity index (χ2n) is 5.03. The maximum atomic E-state index is 4.16. The van der Waals surface area contributed by atoms with Crippen molar-refractivity contribution >= 4 is 5.69 Å². The Hall–Kier alpha value is -2.02. The van der Waals surface area contributed by atoms with E-state index in [9.17, 15) is 0 Å². The first-order valence-electron chi connectivity index (χ1n) is 6.93. The molecule has 0 aromatic heterocycles. The molecule has 0 N–H and O–H groups in total. The number of allylic oxidation sites excluding steroid dienone is 1. The van der Waals surface area contributed by atoms with Crippen LogP contribution in [0.25, 0.3) is 11.1 Å². The maximum absolute atomic E-state index is 4.16. The molecule has 0 fully saturated rings. The lowest BCUT2D eigenvalue weighted by Gasteiger charge is -2.21. The van der Waals surface area contributed by atoms with Crippen LogP contribution in [-0.2, 0) is 6.42 Å². The Morgan fingerprint density at radius 1 is 1.11 bits per heavy atom. The molecule has 1 heterocycles. The van der Waals surface area contributed by atoms with Gasteiger partial charge in [0.05, 0.1) is 0 Å². The number of benzene rings is 2. The highest BCUT2D eigenvalue weighted by molar-refractivity contribution is 5.71. The Morgan fingerprint density at radius 2 is 1.89 bits per heavy atom. The van der Waals surface area contributed by atoms with E-state index in [0.29, 0.717) is 0 Å². The summed E-state index contributed by atoms with van der Waals surface area (Å²) in [6.07, 6.45) is 2.13. The summed E-state index contributed by atoms with van der Waals surface area (Å²) in [4.78, 5) is 2.35. The van der Waals surface area contributed by atoms with E-state index < -0.39 is 0 Å². The lowest BCUT2D eigenvalue weighted by atomic mass is 10.0. The van der Waals surface area contributed by atoms with E-state index in [2.05, 4.69) is 66.9 Å². The number of fused-ring (bicyclic) bond motifs is 1. The summed E-state index contributed by atoms with van der Waals surface area (Å²) in [7, 11) is 0. The molecular weight excluding hydrogens is 230 g/mol. The minimum atomic E-state index is 1.01. The van der Waals surface area contributed by atoms with Crippen molar-refractivity contribution in [3.05, 3.63) is 66.4 Å². The minimum absolute atomic E-state index is 1.01. The molecule has 0 spiro atoms. The molecule has 1 heteroatoms. The highest BCUT2D eigenvalue weighted by Crippen LogP contribution is 2.34. The molecule has 1 aliphatic heterocycles. The minimum Gasteiger partial charge on any atom is -0.345 e. The van der Waals surface area contributed by atoms with Gasteiger partial charge in [-0.1, -0.05) is 49.9 Å². The van der Waals surface area contributed by atoms with Crippen molar-refractivity contribution in [2.24, 2.45) is 0 Å². The molecule has 0 saturated carbocycles. The number of nitrogens with zero attached hydrogens (tertiary/aromatic N) is 1. The van der Waals surface area contributed by atoms with Crippen LogP contribution in [0, 0.1) is 0 Å². The first-order valence-corrected chi connectivity index (χ1v) is 6.93. The van der Waals surface area contributed by atoms with Gasteiger partial charge in [-0.2, -0.15) is 0 Å². The van der Waals surface area contributed by atoms with Crippen molar-refractivity contribution < 1.29 is 0 Å². The van der Waals surface area contributed by atoms with Crippen molar-refractivity contribution in [1.29, 1.82) is 0 Å². The Balaban J connectivity index is 1.97. The molecule has 1 aliphatic rings. The van der Waals surface area contributed by atoms with E-state index in [4.69, 9.17) is 0 Å². The summed E-state index contributed by atoms with van der Waals surface area (Å²) in [5, 5.41) is 0. The van der Waals surface area contributed by atoms with Crippen LogP contribution >= 0.6 is 0 Å². The van der Waals surface area contributed by atoms with Crippen molar-refractivity contribution in [3.8, 4) is 11.1 Å². The van der Waals surface area contributed by atoms with E-state index in [1.165, 1.54) is 28.1 Å². The van der Waals surface area contributed by atoms with Gasteiger partial charge in [-0.3, -0.25) is 0 Å². The molecule has 19 heavy (non-hydrogen) atoms. The van der Waals surface area contributed by atoms with Crippen LogP contribution in [0.5, 0.6) is 0 Å². The first-order chi connectivity index (χ1) is 9.29. The monoisotopic (exact) mass is 249 g/mol. The normalized spacial score (nSPS) is 13.4. The van der Waals surface area contributed by atoms with Gasteiger partial charge in [-0.05, 0) is 41.7 Å². The summed E-state index contributed by atoms with van der Waals surface area (Å²) in [6, 6.07) is 17.4. The van der Waals surface area contributed by atoms with Gasteiger partial charge in [-0.25, -0.2) is 0 Å². The van der Waals surface area contributed by atoms with E-state index in [1.54, 1.807) is 0 Å². The third-order valence-corrected chi connectivity index (χ3v) is 3.87. The van der Waals surface area contributed by atoms with Gasteiger partial charge in [0.2, 0.25) is 0 Å². The van der Waals surface area contributed by atoms with Gasteiger partial charge < -0.3 is 4.90 Å². The molecule has 0 radical (unpaired) electrons. The van der Waals surface area contributed by atoms with Gasteiger partial charge in [0, 0.05) is 17.9 Å². The Kier molecular flexibility index (Phi) is 3.12. The predicted octanol–water partition coefficient (Wildman–Crippen LogP) is 4.64. The molecule has 0 atom stereocenters. The quantitative estimate of drug-likeness (QED) is 0.766. The number of hydrogen-bond acceptors (Lipinski definition) is 1. The lowest BCUT2D eigenvalue weighted by Crippen LogP contribution is -2.18. The SMILES string of the molecule is C=C(CC)N1CCc2cc(-c3ccccc3)ccc21. The molecule has 96 valence electrons. The third kappa shape index (κ3) is 2.17. The fourth-order valence-electron chi connectivity index (χ4n) is 2.73. The molecule has 0 saturated heterocycles. The summed E-state index contributed by atoms with van der Waals surface area (Å²) in [6.45, 7) is 7.40. The Bertz CT molecular complexity index is 598. The zero-order chi connectivity index (χ0) is 13.2. The molecule has 1 nitrogen and oxygen atoms in total. The topological polar surface area (TPSA) is 3.24 Å². The van der Waals surface area contributed by atoms with Crippen LogP contribution < -0.4 is 4.90 Å². The number of rotatable bonds is 3. The zero-order valence-electron chi connectivity index (χ0n) is 11.4. The molecule has 0 unspecified atom stereocenters. The fourth-order valence-corrected chi connectivity index (χ4v) is 2.73. The first kappa shape index (κ1) is 12.0. The predicted molar refractivity (Wildman–Crippen MR) is 82.4 cm³/mol. The van der Waals surface area contributed by atoms with E-state index in [-0.39, 0.29) is 0 Å². The number of anilines is 1. The molecule has 0 bridgehead atoms. The van der Waals surface area contributed by atoms with Crippen molar-refractivity contribution in [3.63, 3.8) is 0 Å². The fraction of sp³-hybridized carbons (Fsp3) is 0.222. The van der Waals surface area contributed by atoms with E-state index in [1.807, 2.05) is 0 Å². The van der Waals surface area contributed by atoms with Gasteiger partial charge in [0.25, 0.3) is 0 Å². The maximum Gasteiger partial charge on any atom is 0.0441 e. The van der Waals surface area contributed by atoms with Crippen LogP contribution in [0.1, 0.15) is 18.9 Å². The average Bonchev–Trinajstić information content (AvgIpc) is 2.90. The van der Waals surface area contributed by atoms with Crippen molar-refractivity contribution in [2.45, 2.75) is 19.8 Å². The lowest BCUT2D eigenvalue weighted by molar-refractivity contribution is 0.899. The molecule has 2 aromatic rings. The second-order valence-corrected chi connectivity index (χ2v) is 5.03. The Morgan fingerprint density at radius 3 is 2.63 bits per heavy atom. The zero-order valence-corrected chi connectivity index (χ0v) is 11.4. The molecule has 0 amide bonds. The summed E-state index contributed by atoms with van der Waals surface area (Å²) >= 11 is 0. The van der Waals surface area contributed by atoms with Crippen LogP contribution in [0.4, 0.5) is 5.69 Å². The molecular formula is C18H19N. The molecule has 0 aliphatic carbocycles. The molecule has 3 rings (SSSR count). The summed E-state index contributed by atoms with van der Waals surface area (Å²) in [5.41, 5.74) is 6.59. The second kappa shape index (κ2) is 4.93. The highest BCUT2D eigenvalue weighted by atomic mass is 15.2. The van der Waals surface area contributed by atoms with Crippen LogP contribution in [0.3, 0.4) is 0 Å². The average molecular weight is 249 g/mol. The van der Waals surface area contributed by atoms with Crippen molar-refractivity contribution in [2.75, 3.05) is 11.4 Å². The van der Waals surface area contributed by atoms with Gasteiger partial charge in [0.1, 0.15) is 0 Å². The Labute approximate surface area is 115 Å². The third-order valence-electron chi connectivity index (χ3n) is 3.87. The summed E-state index contributed by atoms with van der Waals surface area (Å²) in [5.74, 6) is 0. The van der Waals surface area contributed by atoms with Gasteiger partial charge in [-0.15, -0.1) is 0 Å². The van der Waals surface area contributed by atoms with Crippen LogP contribution in [-0.4, -0.2) is 6.54 Å². The van der Waals surface area contributed by atoms with E-state index in [0.717, 1.165) is 19.4 Å². The van der Waals surface area contributed by atoms with Gasteiger partial charge in [0.15, 0.2) is 0 Å². The van der Waals surface area contributed by atoms with Crippen LogP contribution in [0.2, 0.25) is 0 Å². The smallest absolute Gasteiger partial charge is 0.0441 e. The summed E-state index contributed by atoms with van der Waals surface area (Å²) < 4.78 is 0.